The molecule has 0 fully saturated rings. The molecule has 0 spiro atoms. The molecule has 90 valence electrons. The van der Waals surface area contributed by atoms with E-state index in [4.69, 9.17) is 9.47 Å². The van der Waals surface area contributed by atoms with E-state index in [1.807, 2.05) is 0 Å². The van der Waals surface area contributed by atoms with Crippen molar-refractivity contribution in [3.05, 3.63) is 18.2 Å². The molecule has 2 aromatic rings. The molecule has 0 aliphatic carbocycles. The maximum atomic E-state index is 4.93. The van der Waals surface area contributed by atoms with Crippen LogP contribution in [0.2, 0.25) is 0 Å². The van der Waals surface area contributed by atoms with Gasteiger partial charge < -0.3 is 19.8 Å². The molecule has 0 aliphatic rings. The van der Waals surface area contributed by atoms with E-state index in [1.165, 1.54) is 14.2 Å². The van der Waals surface area contributed by atoms with Gasteiger partial charge >= 0.3 is 12.0 Å². The lowest BCUT2D eigenvalue weighted by Crippen LogP contribution is -2.07. The van der Waals surface area contributed by atoms with Crippen LogP contribution in [-0.2, 0) is 6.54 Å². The van der Waals surface area contributed by atoms with Crippen molar-refractivity contribution in [3.63, 3.8) is 0 Å². The van der Waals surface area contributed by atoms with Gasteiger partial charge in [0.2, 0.25) is 5.95 Å². The average molecular weight is 236 g/mol. The van der Waals surface area contributed by atoms with Crippen LogP contribution in [0.1, 0.15) is 5.69 Å². The molecular weight excluding hydrogens is 224 g/mol. The van der Waals surface area contributed by atoms with E-state index in [0.29, 0.717) is 12.5 Å². The molecule has 2 N–H and O–H groups in total. The quantitative estimate of drug-likeness (QED) is 0.766. The number of anilines is 1. The van der Waals surface area contributed by atoms with Crippen LogP contribution in [-0.4, -0.2) is 39.1 Å². The minimum atomic E-state index is 0.198. The standard InChI is InChI=1S/C9H12N6O2/c1-16-8-13-7(14-9(15-8)17-2)11-4-6-3-10-5-12-6/h3,5H,4H2,1-2H3,(H,10,12)(H,11,13,14,15). The Balaban J connectivity index is 2.09. The predicted molar refractivity (Wildman–Crippen MR) is 58.8 cm³/mol. The number of imidazole rings is 1. The van der Waals surface area contributed by atoms with E-state index in [1.54, 1.807) is 12.5 Å². The summed E-state index contributed by atoms with van der Waals surface area (Å²) in [5, 5.41) is 3.00. The number of aromatic amines is 1. The van der Waals surface area contributed by atoms with Crippen molar-refractivity contribution in [1.82, 2.24) is 24.9 Å². The van der Waals surface area contributed by atoms with E-state index < -0.39 is 0 Å². The number of rotatable bonds is 5. The van der Waals surface area contributed by atoms with Gasteiger partial charge in [0.1, 0.15) is 0 Å². The van der Waals surface area contributed by atoms with Crippen molar-refractivity contribution in [2.24, 2.45) is 0 Å². The maximum Gasteiger partial charge on any atom is 0.324 e. The molecule has 0 amide bonds. The fourth-order valence-corrected chi connectivity index (χ4v) is 1.16. The van der Waals surface area contributed by atoms with Crippen LogP contribution in [0.15, 0.2) is 12.5 Å². The zero-order valence-corrected chi connectivity index (χ0v) is 9.47. The number of hydrogen-bond acceptors (Lipinski definition) is 7. The molecule has 0 saturated carbocycles. The van der Waals surface area contributed by atoms with E-state index in [0.717, 1.165) is 5.69 Å². The zero-order valence-electron chi connectivity index (χ0n) is 9.47. The highest BCUT2D eigenvalue weighted by Crippen LogP contribution is 2.12. The number of ether oxygens (including phenoxy) is 2. The van der Waals surface area contributed by atoms with Crippen LogP contribution < -0.4 is 14.8 Å². The van der Waals surface area contributed by atoms with Gasteiger partial charge in [0, 0.05) is 6.20 Å². The first-order valence-corrected chi connectivity index (χ1v) is 4.87. The molecule has 0 aromatic carbocycles. The monoisotopic (exact) mass is 236 g/mol. The van der Waals surface area contributed by atoms with Crippen molar-refractivity contribution in [2.75, 3.05) is 19.5 Å². The second-order valence-corrected chi connectivity index (χ2v) is 3.06. The molecule has 2 aromatic heterocycles. The van der Waals surface area contributed by atoms with Gasteiger partial charge in [-0.05, 0) is 0 Å². The molecule has 0 atom stereocenters. The highest BCUT2D eigenvalue weighted by molar-refractivity contribution is 5.28. The summed E-state index contributed by atoms with van der Waals surface area (Å²) in [5.74, 6) is 0.378. The van der Waals surface area contributed by atoms with Crippen LogP contribution in [0.5, 0.6) is 12.0 Å². The molecular formula is C9H12N6O2. The molecule has 2 rings (SSSR count). The van der Waals surface area contributed by atoms with E-state index in [-0.39, 0.29) is 12.0 Å². The number of nitrogens with zero attached hydrogens (tertiary/aromatic N) is 4. The van der Waals surface area contributed by atoms with Gasteiger partial charge in [-0.1, -0.05) is 0 Å². The summed E-state index contributed by atoms with van der Waals surface area (Å²) in [4.78, 5) is 18.8. The minimum absolute atomic E-state index is 0.198. The molecule has 0 bridgehead atoms. The maximum absolute atomic E-state index is 4.93. The smallest absolute Gasteiger partial charge is 0.324 e. The first kappa shape index (κ1) is 11.1. The predicted octanol–water partition coefficient (Wildman–Crippen LogP) is 0.224. The Kier molecular flexibility index (Phi) is 3.34. The molecule has 8 heteroatoms. The van der Waals surface area contributed by atoms with Gasteiger partial charge in [-0.15, -0.1) is 4.98 Å². The minimum Gasteiger partial charge on any atom is -0.467 e. The summed E-state index contributed by atoms with van der Waals surface area (Å²) >= 11 is 0. The van der Waals surface area contributed by atoms with Crippen LogP contribution in [0.3, 0.4) is 0 Å². The molecule has 2 heterocycles. The molecule has 8 nitrogen and oxygen atoms in total. The zero-order chi connectivity index (χ0) is 12.1. The normalized spacial score (nSPS) is 10.0. The Bertz CT molecular complexity index is 450. The fourth-order valence-electron chi connectivity index (χ4n) is 1.16. The molecule has 0 saturated heterocycles. The lowest BCUT2D eigenvalue weighted by molar-refractivity contribution is 0.341. The summed E-state index contributed by atoms with van der Waals surface area (Å²) < 4.78 is 9.86. The number of aromatic nitrogens is 5. The van der Waals surface area contributed by atoms with Gasteiger partial charge in [0.15, 0.2) is 0 Å². The Morgan fingerprint density at radius 1 is 1.18 bits per heavy atom. The SMILES string of the molecule is COc1nc(NCc2cnc[nH]2)nc(OC)n1. The lowest BCUT2D eigenvalue weighted by Gasteiger charge is -2.06. The van der Waals surface area contributed by atoms with Gasteiger partial charge in [-0.3, -0.25) is 0 Å². The number of nitrogens with one attached hydrogen (secondary N) is 2. The molecule has 0 unspecified atom stereocenters. The fraction of sp³-hybridized carbons (Fsp3) is 0.333. The van der Waals surface area contributed by atoms with Crippen LogP contribution in [0.25, 0.3) is 0 Å². The highest BCUT2D eigenvalue weighted by Gasteiger charge is 2.06. The van der Waals surface area contributed by atoms with E-state index >= 15 is 0 Å². The third kappa shape index (κ3) is 2.80. The molecule has 0 aliphatic heterocycles. The lowest BCUT2D eigenvalue weighted by atomic mass is 10.5. The first-order valence-electron chi connectivity index (χ1n) is 4.87. The summed E-state index contributed by atoms with van der Waals surface area (Å²) in [5.41, 5.74) is 0.920. The third-order valence-corrected chi connectivity index (χ3v) is 1.95. The van der Waals surface area contributed by atoms with Crippen molar-refractivity contribution in [1.29, 1.82) is 0 Å². The molecule has 17 heavy (non-hydrogen) atoms. The molecule has 0 radical (unpaired) electrons. The van der Waals surface area contributed by atoms with E-state index in [2.05, 4.69) is 30.2 Å². The van der Waals surface area contributed by atoms with Crippen molar-refractivity contribution >= 4 is 5.95 Å². The summed E-state index contributed by atoms with van der Waals surface area (Å²) in [7, 11) is 2.96. The van der Waals surface area contributed by atoms with Gasteiger partial charge in [-0.2, -0.15) is 9.97 Å². The van der Waals surface area contributed by atoms with Crippen LogP contribution in [0.4, 0.5) is 5.95 Å². The van der Waals surface area contributed by atoms with Gasteiger partial charge in [-0.25, -0.2) is 4.98 Å². The average Bonchev–Trinajstić information content (AvgIpc) is 2.89. The second kappa shape index (κ2) is 5.10. The number of hydrogen-bond donors (Lipinski definition) is 2. The van der Waals surface area contributed by atoms with E-state index in [9.17, 15) is 0 Å². The largest absolute Gasteiger partial charge is 0.467 e. The Hall–Kier alpha value is -2.38. The van der Waals surface area contributed by atoms with Gasteiger partial charge in [0.05, 0.1) is 32.8 Å². The van der Waals surface area contributed by atoms with Crippen LogP contribution in [0, 0.1) is 0 Å². The van der Waals surface area contributed by atoms with Crippen molar-refractivity contribution < 1.29 is 9.47 Å². The summed E-state index contributed by atoms with van der Waals surface area (Å²) in [6.07, 6.45) is 3.31. The number of H-pyrrole nitrogens is 1. The van der Waals surface area contributed by atoms with Gasteiger partial charge in [0.25, 0.3) is 0 Å². The second-order valence-electron chi connectivity index (χ2n) is 3.06. The van der Waals surface area contributed by atoms with Crippen molar-refractivity contribution in [3.8, 4) is 12.0 Å². The first-order chi connectivity index (χ1) is 8.31. The van der Waals surface area contributed by atoms with Crippen LogP contribution >= 0.6 is 0 Å². The summed E-state index contributed by atoms with van der Waals surface area (Å²) in [6.45, 7) is 0.524. The summed E-state index contributed by atoms with van der Waals surface area (Å²) in [6, 6.07) is 0.396. The third-order valence-electron chi connectivity index (χ3n) is 1.95. The Morgan fingerprint density at radius 3 is 2.41 bits per heavy atom. The Morgan fingerprint density at radius 2 is 1.88 bits per heavy atom. The topological polar surface area (TPSA) is 97.8 Å². The Labute approximate surface area is 97.4 Å². The highest BCUT2D eigenvalue weighted by atomic mass is 16.5. The number of methoxy groups -OCH3 is 2. The van der Waals surface area contributed by atoms with Crippen molar-refractivity contribution in [2.45, 2.75) is 6.54 Å².